The van der Waals surface area contributed by atoms with Crippen LogP contribution in [0.2, 0.25) is 0 Å². The summed E-state index contributed by atoms with van der Waals surface area (Å²) in [5.74, 6) is -0.574. The van der Waals surface area contributed by atoms with Crippen molar-refractivity contribution in [1.29, 1.82) is 5.26 Å². The van der Waals surface area contributed by atoms with Gasteiger partial charge in [-0.25, -0.2) is 8.42 Å². The van der Waals surface area contributed by atoms with Crippen molar-refractivity contribution in [2.45, 2.75) is 56.8 Å². The van der Waals surface area contributed by atoms with E-state index in [2.05, 4.69) is 11.4 Å². The Balaban J connectivity index is 1.47. The molecule has 1 amide bonds. The van der Waals surface area contributed by atoms with Gasteiger partial charge in [0.25, 0.3) is 0 Å². The van der Waals surface area contributed by atoms with E-state index >= 15 is 0 Å². The Morgan fingerprint density at radius 2 is 1.75 bits per heavy atom. The van der Waals surface area contributed by atoms with Gasteiger partial charge in [-0.15, -0.1) is 0 Å². The van der Waals surface area contributed by atoms with Crippen LogP contribution in [0.25, 0.3) is 0 Å². The van der Waals surface area contributed by atoms with Crippen LogP contribution in [-0.4, -0.2) is 31.7 Å². The van der Waals surface area contributed by atoms with E-state index in [0.29, 0.717) is 30.0 Å². The summed E-state index contributed by atoms with van der Waals surface area (Å²) in [5, 5.41) is 12.3. The van der Waals surface area contributed by atoms with E-state index in [1.54, 1.807) is 0 Å². The van der Waals surface area contributed by atoms with Gasteiger partial charge in [0, 0.05) is 18.8 Å². The minimum Gasteiger partial charge on any atom is -0.326 e. The first-order valence-electron chi connectivity index (χ1n) is 11.1. The van der Waals surface area contributed by atoms with E-state index in [-0.39, 0.29) is 17.9 Å². The van der Waals surface area contributed by atoms with E-state index in [9.17, 15) is 18.5 Å². The molecule has 2 aromatic carbocycles. The quantitative estimate of drug-likeness (QED) is 0.737. The molecule has 0 radical (unpaired) electrons. The fourth-order valence-corrected chi connectivity index (χ4v) is 6.72. The lowest BCUT2D eigenvalue weighted by atomic mass is 9.97. The van der Waals surface area contributed by atoms with Crippen LogP contribution < -0.4 is 5.32 Å². The van der Waals surface area contributed by atoms with Crippen molar-refractivity contribution >= 4 is 21.6 Å². The number of carbonyl (C=O) groups excluding carboxylic acids is 1. The smallest absolute Gasteiger partial charge is 0.243 e. The minimum absolute atomic E-state index is 0.170. The van der Waals surface area contributed by atoms with Crippen LogP contribution in [0.15, 0.2) is 41.3 Å². The molecule has 1 aliphatic carbocycles. The Morgan fingerprint density at radius 1 is 1.12 bits per heavy atom. The molecule has 0 aromatic heterocycles. The van der Waals surface area contributed by atoms with Crippen LogP contribution in [0.3, 0.4) is 0 Å². The molecule has 1 N–H and O–H groups in total. The monoisotopic (exact) mass is 451 g/mol. The number of nitrogens with one attached hydrogen (secondary N) is 1. The Morgan fingerprint density at radius 3 is 2.31 bits per heavy atom. The van der Waals surface area contributed by atoms with Crippen molar-refractivity contribution in [2.24, 2.45) is 5.92 Å². The number of rotatable bonds is 5. The van der Waals surface area contributed by atoms with E-state index in [1.165, 1.54) is 4.31 Å². The summed E-state index contributed by atoms with van der Waals surface area (Å²) in [7, 11) is -3.67. The van der Waals surface area contributed by atoms with Gasteiger partial charge in [-0.3, -0.25) is 4.79 Å². The van der Waals surface area contributed by atoms with Gasteiger partial charge in [0.05, 0.1) is 22.3 Å². The fraction of sp³-hybridized carbons (Fsp3) is 0.440. The predicted molar refractivity (Wildman–Crippen MR) is 124 cm³/mol. The molecule has 1 atom stereocenters. The largest absolute Gasteiger partial charge is 0.326 e. The van der Waals surface area contributed by atoms with E-state index < -0.39 is 15.9 Å². The number of hydrogen-bond acceptors (Lipinski definition) is 4. The lowest BCUT2D eigenvalue weighted by molar-refractivity contribution is -0.120. The first kappa shape index (κ1) is 22.5. The topological polar surface area (TPSA) is 90.3 Å². The summed E-state index contributed by atoms with van der Waals surface area (Å²) in [4.78, 5) is 13.3. The van der Waals surface area contributed by atoms with Gasteiger partial charge in [-0.2, -0.15) is 9.57 Å². The normalized spacial score (nSPS) is 20.4. The van der Waals surface area contributed by atoms with E-state index in [0.717, 1.165) is 35.1 Å². The summed E-state index contributed by atoms with van der Waals surface area (Å²) < 4.78 is 28.3. The zero-order chi connectivity index (χ0) is 23.1. The van der Waals surface area contributed by atoms with Crippen LogP contribution in [0.5, 0.6) is 0 Å². The Bertz CT molecular complexity index is 1170. The average molecular weight is 452 g/mol. The van der Waals surface area contributed by atoms with Crippen molar-refractivity contribution in [3.63, 3.8) is 0 Å². The molecular formula is C25H29N3O3S. The minimum atomic E-state index is -3.67. The summed E-state index contributed by atoms with van der Waals surface area (Å²) in [5.41, 5.74) is 3.80. The van der Waals surface area contributed by atoms with Crippen molar-refractivity contribution in [2.75, 3.05) is 18.4 Å². The lowest BCUT2D eigenvalue weighted by Crippen LogP contribution is -2.44. The molecule has 4 rings (SSSR count). The molecule has 168 valence electrons. The van der Waals surface area contributed by atoms with Gasteiger partial charge < -0.3 is 5.32 Å². The third-order valence-electron chi connectivity index (χ3n) is 6.63. The van der Waals surface area contributed by atoms with Gasteiger partial charge in [0.1, 0.15) is 0 Å². The first-order chi connectivity index (χ1) is 15.2. The number of nitriles is 1. The maximum absolute atomic E-state index is 13.4. The number of aryl methyl sites for hydroxylation is 3. The zero-order valence-corrected chi connectivity index (χ0v) is 19.6. The molecule has 0 unspecified atom stereocenters. The summed E-state index contributed by atoms with van der Waals surface area (Å²) in [6.07, 6.45) is 3.05. The van der Waals surface area contributed by atoms with Crippen LogP contribution in [0.4, 0.5) is 5.69 Å². The molecule has 2 aromatic rings. The summed E-state index contributed by atoms with van der Waals surface area (Å²) in [6, 6.07) is 13.6. The molecular weight excluding hydrogens is 422 g/mol. The maximum atomic E-state index is 13.4. The van der Waals surface area contributed by atoms with Crippen LogP contribution in [0.1, 0.15) is 47.9 Å². The second-order valence-electron chi connectivity index (χ2n) is 9.19. The predicted octanol–water partition coefficient (Wildman–Crippen LogP) is 4.21. The van der Waals surface area contributed by atoms with Crippen molar-refractivity contribution in [3.05, 3.63) is 58.7 Å². The molecule has 2 fully saturated rings. The number of benzene rings is 2. The Hall–Kier alpha value is -2.69. The van der Waals surface area contributed by atoms with Crippen LogP contribution in [0, 0.1) is 38.0 Å². The van der Waals surface area contributed by atoms with Gasteiger partial charge in [-0.05, 0) is 75.3 Å². The molecule has 1 saturated carbocycles. The van der Waals surface area contributed by atoms with Crippen LogP contribution in [-0.2, 0) is 20.2 Å². The molecule has 32 heavy (non-hydrogen) atoms. The highest BCUT2D eigenvalue weighted by Crippen LogP contribution is 2.47. The number of nitrogens with zero attached hydrogens (tertiary/aromatic N) is 2. The first-order valence-corrected chi connectivity index (χ1v) is 12.5. The third kappa shape index (κ3) is 4.17. The lowest BCUT2D eigenvalue weighted by Gasteiger charge is -2.32. The second-order valence-corrected chi connectivity index (χ2v) is 11.1. The SMILES string of the molecule is Cc1cc(C)c(S(=O)(=O)N2CCC[C@H](C(=O)Nc3ccc(C4(C#N)CC4)cc3)C2)c(C)c1. The van der Waals surface area contributed by atoms with Crippen molar-refractivity contribution < 1.29 is 13.2 Å². The molecule has 6 nitrogen and oxygen atoms in total. The summed E-state index contributed by atoms with van der Waals surface area (Å²) >= 11 is 0. The molecule has 1 aliphatic heterocycles. The second kappa shape index (κ2) is 8.34. The van der Waals surface area contributed by atoms with Gasteiger partial charge in [0.15, 0.2) is 0 Å². The Kier molecular flexibility index (Phi) is 5.87. The highest BCUT2D eigenvalue weighted by molar-refractivity contribution is 7.89. The van der Waals surface area contributed by atoms with E-state index in [4.69, 9.17) is 0 Å². The van der Waals surface area contributed by atoms with Crippen LogP contribution >= 0.6 is 0 Å². The van der Waals surface area contributed by atoms with E-state index in [1.807, 2.05) is 57.2 Å². The Labute approximate surface area is 190 Å². The molecule has 0 bridgehead atoms. The standard InChI is InChI=1S/C25H29N3O3S/c1-17-13-18(2)23(19(3)14-17)32(30,31)28-12-4-5-20(15-28)24(29)27-22-8-6-21(7-9-22)25(16-26)10-11-25/h6-9,13-14,20H,4-5,10-12,15H2,1-3H3,(H,27,29)/t20-/m0/s1. The van der Waals surface area contributed by atoms with Crippen molar-refractivity contribution in [3.8, 4) is 6.07 Å². The molecule has 0 spiro atoms. The van der Waals surface area contributed by atoms with Crippen molar-refractivity contribution in [1.82, 2.24) is 4.31 Å². The third-order valence-corrected chi connectivity index (χ3v) is 8.80. The molecule has 2 aliphatic rings. The molecule has 1 saturated heterocycles. The fourth-order valence-electron chi connectivity index (χ4n) is 4.78. The number of hydrogen-bond donors (Lipinski definition) is 1. The van der Waals surface area contributed by atoms with Gasteiger partial charge >= 0.3 is 0 Å². The number of carbonyl (C=O) groups is 1. The summed E-state index contributed by atoms with van der Waals surface area (Å²) in [6.45, 7) is 6.20. The highest BCUT2D eigenvalue weighted by Gasteiger charge is 2.44. The average Bonchev–Trinajstić information content (AvgIpc) is 3.55. The maximum Gasteiger partial charge on any atom is 0.243 e. The number of sulfonamides is 1. The number of anilines is 1. The molecule has 7 heteroatoms. The van der Waals surface area contributed by atoms with Gasteiger partial charge in [-0.1, -0.05) is 29.8 Å². The highest BCUT2D eigenvalue weighted by atomic mass is 32.2. The number of piperidine rings is 1. The molecule has 1 heterocycles. The zero-order valence-electron chi connectivity index (χ0n) is 18.8. The number of amides is 1. The van der Waals surface area contributed by atoms with Gasteiger partial charge in [0.2, 0.25) is 15.9 Å².